The Bertz CT molecular complexity index is 412. The van der Waals surface area contributed by atoms with Crippen LogP contribution in [0.5, 0.6) is 11.5 Å². The Morgan fingerprint density at radius 1 is 1.50 bits per heavy atom. The first-order chi connectivity index (χ1) is 8.60. The van der Waals surface area contributed by atoms with Crippen molar-refractivity contribution in [3.8, 4) is 11.5 Å². The smallest absolute Gasteiger partial charge is 0.123 e. The molecule has 1 aliphatic rings. The summed E-state index contributed by atoms with van der Waals surface area (Å²) in [4.78, 5) is 0. The zero-order chi connectivity index (χ0) is 13.1. The van der Waals surface area contributed by atoms with Crippen LogP contribution in [-0.4, -0.2) is 23.9 Å². The molecule has 1 N–H and O–H groups in total. The van der Waals surface area contributed by atoms with Gasteiger partial charge in [-0.1, -0.05) is 0 Å². The molecule has 1 aliphatic heterocycles. The number of hydrogen-bond acceptors (Lipinski definition) is 3. The molecule has 18 heavy (non-hydrogen) atoms. The zero-order valence-electron chi connectivity index (χ0n) is 11.4. The van der Waals surface area contributed by atoms with Crippen molar-refractivity contribution in [1.82, 2.24) is 0 Å². The third-order valence-electron chi connectivity index (χ3n) is 3.21. The second-order valence-electron chi connectivity index (χ2n) is 5.02. The second kappa shape index (κ2) is 5.61. The topological polar surface area (TPSA) is 38.7 Å². The molecule has 0 radical (unpaired) electrons. The quantitative estimate of drug-likeness (QED) is 0.873. The minimum Gasteiger partial charge on any atom is -0.494 e. The lowest BCUT2D eigenvalue weighted by Gasteiger charge is -2.13. The van der Waals surface area contributed by atoms with Crippen molar-refractivity contribution in [3.05, 3.63) is 23.3 Å². The maximum atomic E-state index is 9.40. The monoisotopic (exact) mass is 250 g/mol. The van der Waals surface area contributed by atoms with Crippen molar-refractivity contribution < 1.29 is 14.6 Å². The summed E-state index contributed by atoms with van der Waals surface area (Å²) in [5.74, 6) is 1.92. The van der Waals surface area contributed by atoms with Crippen LogP contribution in [0.15, 0.2) is 12.1 Å². The van der Waals surface area contributed by atoms with E-state index in [9.17, 15) is 5.11 Å². The van der Waals surface area contributed by atoms with Crippen molar-refractivity contribution in [2.45, 2.75) is 52.2 Å². The van der Waals surface area contributed by atoms with Gasteiger partial charge in [-0.15, -0.1) is 0 Å². The first kappa shape index (κ1) is 13.2. The van der Waals surface area contributed by atoms with E-state index in [0.717, 1.165) is 36.3 Å². The maximum absolute atomic E-state index is 9.40. The summed E-state index contributed by atoms with van der Waals surface area (Å²) in [5, 5.41) is 9.40. The van der Waals surface area contributed by atoms with Crippen molar-refractivity contribution >= 4 is 0 Å². The Kier molecular flexibility index (Phi) is 4.12. The van der Waals surface area contributed by atoms with E-state index in [4.69, 9.17) is 9.47 Å². The Morgan fingerprint density at radius 3 is 2.94 bits per heavy atom. The lowest BCUT2D eigenvalue weighted by Crippen LogP contribution is -2.05. The van der Waals surface area contributed by atoms with Gasteiger partial charge in [-0.2, -0.15) is 0 Å². The van der Waals surface area contributed by atoms with Crippen molar-refractivity contribution in [2.24, 2.45) is 0 Å². The van der Waals surface area contributed by atoms with Gasteiger partial charge in [0.05, 0.1) is 12.7 Å². The molecule has 0 aliphatic carbocycles. The van der Waals surface area contributed by atoms with Gasteiger partial charge in [0.25, 0.3) is 0 Å². The molecular formula is C15H22O3. The van der Waals surface area contributed by atoms with Crippen LogP contribution in [0.1, 0.15) is 38.3 Å². The molecule has 0 amide bonds. The normalized spacial score (nSPS) is 19.2. The number of ether oxygens (including phenoxy) is 2. The van der Waals surface area contributed by atoms with E-state index >= 15 is 0 Å². The number of rotatable bonds is 5. The number of aliphatic hydroxyl groups excluding tert-OH is 1. The van der Waals surface area contributed by atoms with E-state index in [2.05, 4.69) is 19.1 Å². The fourth-order valence-corrected chi connectivity index (χ4v) is 2.33. The minimum atomic E-state index is -0.285. The van der Waals surface area contributed by atoms with Crippen LogP contribution < -0.4 is 9.47 Å². The maximum Gasteiger partial charge on any atom is 0.123 e. The fraction of sp³-hybridized carbons (Fsp3) is 0.600. The molecule has 0 saturated heterocycles. The van der Waals surface area contributed by atoms with Gasteiger partial charge in [0.2, 0.25) is 0 Å². The molecule has 1 aromatic rings. The largest absolute Gasteiger partial charge is 0.494 e. The van der Waals surface area contributed by atoms with E-state index in [1.165, 1.54) is 5.56 Å². The molecule has 3 heteroatoms. The molecule has 0 aromatic heterocycles. The Balaban J connectivity index is 2.23. The van der Waals surface area contributed by atoms with Gasteiger partial charge >= 0.3 is 0 Å². The van der Waals surface area contributed by atoms with E-state index < -0.39 is 0 Å². The highest BCUT2D eigenvalue weighted by molar-refractivity contribution is 5.48. The van der Waals surface area contributed by atoms with Gasteiger partial charge in [0.1, 0.15) is 17.6 Å². The van der Waals surface area contributed by atoms with Crippen LogP contribution in [0.25, 0.3) is 0 Å². The average Bonchev–Trinajstić information content (AvgIpc) is 2.65. The van der Waals surface area contributed by atoms with Gasteiger partial charge in [0, 0.05) is 12.0 Å². The Hall–Kier alpha value is -1.22. The Labute approximate surface area is 109 Å². The molecule has 0 saturated carbocycles. The molecule has 2 atom stereocenters. The predicted molar refractivity (Wildman–Crippen MR) is 71.4 cm³/mol. The van der Waals surface area contributed by atoms with Crippen LogP contribution in [0.4, 0.5) is 0 Å². The molecule has 100 valence electrons. The van der Waals surface area contributed by atoms with Gasteiger partial charge in [-0.3, -0.25) is 0 Å². The van der Waals surface area contributed by atoms with Crippen LogP contribution in [0.2, 0.25) is 0 Å². The van der Waals surface area contributed by atoms with E-state index in [-0.39, 0.29) is 12.2 Å². The summed E-state index contributed by atoms with van der Waals surface area (Å²) >= 11 is 0. The molecule has 1 heterocycles. The zero-order valence-corrected chi connectivity index (χ0v) is 11.4. The number of hydrogen-bond donors (Lipinski definition) is 1. The third kappa shape index (κ3) is 2.96. The summed E-state index contributed by atoms with van der Waals surface area (Å²) in [7, 11) is 0. The lowest BCUT2D eigenvalue weighted by molar-refractivity contribution is 0.184. The standard InChI is InChI=1S/C15H22O3/c1-4-17-14-9-13-7-11(3)18-15(13)8-12(14)6-5-10(2)16/h8-11,16H,4-7H2,1-3H3. The summed E-state index contributed by atoms with van der Waals surface area (Å²) in [5.41, 5.74) is 2.36. The highest BCUT2D eigenvalue weighted by atomic mass is 16.5. The number of fused-ring (bicyclic) bond motifs is 1. The molecule has 0 bridgehead atoms. The highest BCUT2D eigenvalue weighted by Crippen LogP contribution is 2.35. The van der Waals surface area contributed by atoms with E-state index in [1.807, 2.05) is 13.8 Å². The summed E-state index contributed by atoms with van der Waals surface area (Å²) in [6, 6.07) is 4.17. The first-order valence-electron chi connectivity index (χ1n) is 6.73. The Morgan fingerprint density at radius 2 is 2.28 bits per heavy atom. The van der Waals surface area contributed by atoms with Crippen LogP contribution in [-0.2, 0) is 12.8 Å². The van der Waals surface area contributed by atoms with Gasteiger partial charge in [-0.25, -0.2) is 0 Å². The number of aliphatic hydroxyl groups is 1. The van der Waals surface area contributed by atoms with Gasteiger partial charge in [-0.05, 0) is 51.3 Å². The molecule has 2 unspecified atom stereocenters. The molecule has 0 fully saturated rings. The van der Waals surface area contributed by atoms with Gasteiger partial charge < -0.3 is 14.6 Å². The second-order valence-corrected chi connectivity index (χ2v) is 5.02. The minimum absolute atomic E-state index is 0.251. The average molecular weight is 250 g/mol. The van der Waals surface area contributed by atoms with Crippen molar-refractivity contribution in [2.75, 3.05) is 6.61 Å². The fourth-order valence-electron chi connectivity index (χ4n) is 2.33. The van der Waals surface area contributed by atoms with Crippen LogP contribution in [0, 0.1) is 0 Å². The summed E-state index contributed by atoms with van der Waals surface area (Å²) < 4.78 is 11.5. The summed E-state index contributed by atoms with van der Waals surface area (Å²) in [6.07, 6.45) is 2.48. The van der Waals surface area contributed by atoms with Gasteiger partial charge in [0.15, 0.2) is 0 Å². The highest BCUT2D eigenvalue weighted by Gasteiger charge is 2.21. The molecule has 0 spiro atoms. The molecular weight excluding hydrogens is 228 g/mol. The van der Waals surface area contributed by atoms with Crippen molar-refractivity contribution in [1.29, 1.82) is 0 Å². The molecule has 2 rings (SSSR count). The van der Waals surface area contributed by atoms with Crippen molar-refractivity contribution in [3.63, 3.8) is 0 Å². The SMILES string of the molecule is CCOc1cc2c(cc1CCC(C)O)OC(C)C2. The lowest BCUT2D eigenvalue weighted by atomic mass is 10.0. The predicted octanol–water partition coefficient (Wildman–Crippen LogP) is 2.72. The number of benzene rings is 1. The summed E-state index contributed by atoms with van der Waals surface area (Å²) in [6.45, 7) is 6.55. The molecule has 3 nitrogen and oxygen atoms in total. The molecule has 1 aromatic carbocycles. The van der Waals surface area contributed by atoms with E-state index in [1.54, 1.807) is 0 Å². The van der Waals surface area contributed by atoms with Crippen LogP contribution in [0.3, 0.4) is 0 Å². The third-order valence-corrected chi connectivity index (χ3v) is 3.21. The van der Waals surface area contributed by atoms with E-state index in [0.29, 0.717) is 6.61 Å². The van der Waals surface area contributed by atoms with Crippen LogP contribution >= 0.6 is 0 Å². The first-order valence-corrected chi connectivity index (χ1v) is 6.73. The number of aryl methyl sites for hydroxylation is 1.